The van der Waals surface area contributed by atoms with E-state index in [0.717, 1.165) is 83.5 Å². The standard InChI is InChI=1S/C65H115N2O6P/c1-6-8-10-12-14-16-18-20-22-24-26-28-30-32-33-35-36-38-40-42-44-46-48-50-52-54-56-58-64(68)63(62-73-74(70,71)72-61-60-67(3,4)5)66-65(69)59-57-55-53-51-49-47-45-43-41-39-37-34-31-29-27-25-23-21-19-17-15-13-11-9-7-2/h9,11,15,17,21,23,27,29,34,37,41,43,47-50,56,58,63-64,68H,6-8,10,12-14,16,18-20,22,24-26,28,30-33,35-36,38-40,42,44-46,51-55,57,59-62H2,1-5H3,(H-,66,69,70,71)/p+1/b11-9-,17-15-,23-21-,29-27-,37-34-,43-41-,49-47-,50-48+,58-56+. The Balaban J connectivity index is 4.33. The van der Waals surface area contributed by atoms with Crippen LogP contribution in [0.2, 0.25) is 0 Å². The molecule has 0 aliphatic heterocycles. The topological polar surface area (TPSA) is 105 Å². The largest absolute Gasteiger partial charge is 0.472 e. The number of nitrogens with one attached hydrogen (secondary N) is 1. The lowest BCUT2D eigenvalue weighted by Crippen LogP contribution is -2.45. The second kappa shape index (κ2) is 54.9. The van der Waals surface area contributed by atoms with Gasteiger partial charge in [-0.05, 0) is 89.9 Å². The Morgan fingerprint density at radius 3 is 1.24 bits per heavy atom. The average Bonchev–Trinajstić information content (AvgIpc) is 3.36. The molecular formula is C65H116N2O6P+. The minimum atomic E-state index is -4.38. The van der Waals surface area contributed by atoms with Crippen LogP contribution in [0.3, 0.4) is 0 Å². The van der Waals surface area contributed by atoms with Gasteiger partial charge < -0.3 is 19.8 Å². The van der Waals surface area contributed by atoms with Crippen LogP contribution >= 0.6 is 7.82 Å². The van der Waals surface area contributed by atoms with E-state index in [1.54, 1.807) is 6.08 Å². The van der Waals surface area contributed by atoms with Gasteiger partial charge in [-0.15, -0.1) is 0 Å². The first-order valence-corrected chi connectivity index (χ1v) is 31.8. The lowest BCUT2D eigenvalue weighted by Gasteiger charge is -2.25. The number of quaternary nitrogens is 1. The summed E-state index contributed by atoms with van der Waals surface area (Å²) in [6.45, 7) is 4.66. The number of amides is 1. The van der Waals surface area contributed by atoms with Gasteiger partial charge >= 0.3 is 7.82 Å². The highest BCUT2D eigenvalue weighted by molar-refractivity contribution is 7.47. The molecule has 1 amide bonds. The van der Waals surface area contributed by atoms with Crippen LogP contribution in [0.1, 0.15) is 245 Å². The van der Waals surface area contributed by atoms with E-state index in [1.807, 2.05) is 27.2 Å². The number of aliphatic hydroxyl groups excluding tert-OH is 1. The molecule has 0 spiro atoms. The predicted octanol–water partition coefficient (Wildman–Crippen LogP) is 18.8. The molecule has 0 rings (SSSR count). The van der Waals surface area contributed by atoms with Crippen molar-refractivity contribution in [3.05, 3.63) is 109 Å². The van der Waals surface area contributed by atoms with E-state index in [2.05, 4.69) is 116 Å². The summed E-state index contributed by atoms with van der Waals surface area (Å²) in [7, 11) is 1.52. The molecule has 0 radical (unpaired) electrons. The molecule has 0 fully saturated rings. The molecule has 0 aromatic rings. The Kier molecular flexibility index (Phi) is 52.8. The first-order chi connectivity index (χ1) is 36.0. The summed E-state index contributed by atoms with van der Waals surface area (Å²) in [6.07, 6.45) is 80.6. The van der Waals surface area contributed by atoms with Crippen molar-refractivity contribution in [1.29, 1.82) is 0 Å². The number of rotatable bonds is 54. The third-order valence-corrected chi connectivity index (χ3v) is 14.0. The van der Waals surface area contributed by atoms with Crippen LogP contribution in [0.15, 0.2) is 109 Å². The Morgan fingerprint density at radius 2 is 0.824 bits per heavy atom. The molecule has 3 atom stereocenters. The van der Waals surface area contributed by atoms with Crippen molar-refractivity contribution in [3.8, 4) is 0 Å². The summed E-state index contributed by atoms with van der Waals surface area (Å²) in [5.41, 5.74) is 0. The molecule has 0 aliphatic carbocycles. The van der Waals surface area contributed by atoms with Crippen molar-refractivity contribution in [2.45, 2.75) is 257 Å². The van der Waals surface area contributed by atoms with Gasteiger partial charge in [0.2, 0.25) is 5.91 Å². The smallest absolute Gasteiger partial charge is 0.387 e. The highest BCUT2D eigenvalue weighted by atomic mass is 31.2. The van der Waals surface area contributed by atoms with Crippen molar-refractivity contribution in [1.82, 2.24) is 5.32 Å². The number of hydrogen-bond acceptors (Lipinski definition) is 5. The summed E-state index contributed by atoms with van der Waals surface area (Å²) < 4.78 is 23.7. The SMILES string of the molecule is CC/C=C\C/C=C\C/C=C\C/C=C\C/C=C\C/C=C\C/C=C\CCCCCC(=O)NC(COP(=O)(O)OCC[N+](C)(C)C)C(O)/C=C/CC/C=C/CCCCCCCCCCCCCCCCCCCCCCC. The van der Waals surface area contributed by atoms with Gasteiger partial charge in [0.1, 0.15) is 13.2 Å². The van der Waals surface area contributed by atoms with Crippen LogP contribution < -0.4 is 5.32 Å². The van der Waals surface area contributed by atoms with Gasteiger partial charge in [0.15, 0.2) is 0 Å². The Morgan fingerprint density at radius 1 is 0.473 bits per heavy atom. The highest BCUT2D eigenvalue weighted by Gasteiger charge is 2.27. The molecule has 0 aromatic carbocycles. The maximum absolute atomic E-state index is 13.0. The molecule has 8 nitrogen and oxygen atoms in total. The molecule has 0 saturated carbocycles. The van der Waals surface area contributed by atoms with E-state index in [9.17, 15) is 19.4 Å². The number of carbonyl (C=O) groups is 1. The number of nitrogens with zero attached hydrogens (tertiary/aromatic N) is 1. The minimum absolute atomic E-state index is 0.0432. The van der Waals surface area contributed by atoms with E-state index < -0.39 is 20.0 Å². The van der Waals surface area contributed by atoms with Gasteiger partial charge in [0.05, 0.1) is 39.9 Å². The van der Waals surface area contributed by atoms with Crippen molar-refractivity contribution in [2.75, 3.05) is 40.9 Å². The molecule has 0 aromatic heterocycles. The van der Waals surface area contributed by atoms with Crippen LogP contribution in [0.5, 0.6) is 0 Å². The molecule has 3 unspecified atom stereocenters. The van der Waals surface area contributed by atoms with Crippen LogP contribution in [-0.2, 0) is 18.4 Å². The molecule has 0 saturated heterocycles. The quantitative estimate of drug-likeness (QED) is 0.0243. The third-order valence-electron chi connectivity index (χ3n) is 13.0. The Bertz CT molecular complexity index is 1570. The van der Waals surface area contributed by atoms with E-state index in [0.29, 0.717) is 23.9 Å². The normalized spacial score (nSPS) is 14.6. The lowest BCUT2D eigenvalue weighted by atomic mass is 10.0. The van der Waals surface area contributed by atoms with Crippen LogP contribution in [0.25, 0.3) is 0 Å². The Hall–Kier alpha value is -2.84. The number of carbonyl (C=O) groups excluding carboxylic acids is 1. The number of aliphatic hydroxyl groups is 1. The summed E-state index contributed by atoms with van der Waals surface area (Å²) >= 11 is 0. The van der Waals surface area contributed by atoms with Crippen molar-refractivity contribution in [3.63, 3.8) is 0 Å². The van der Waals surface area contributed by atoms with Gasteiger partial charge in [-0.1, -0.05) is 258 Å². The van der Waals surface area contributed by atoms with Crippen LogP contribution in [0, 0.1) is 0 Å². The predicted molar refractivity (Wildman–Crippen MR) is 322 cm³/mol. The fourth-order valence-corrected chi connectivity index (χ4v) is 9.01. The number of allylic oxidation sites excluding steroid dienone is 17. The first-order valence-electron chi connectivity index (χ1n) is 30.3. The molecule has 0 heterocycles. The van der Waals surface area contributed by atoms with E-state index in [4.69, 9.17) is 9.05 Å². The first kappa shape index (κ1) is 71.2. The van der Waals surface area contributed by atoms with E-state index in [-0.39, 0.29) is 19.1 Å². The summed E-state index contributed by atoms with van der Waals surface area (Å²) in [6, 6.07) is -0.891. The molecule has 426 valence electrons. The zero-order valence-corrected chi connectivity index (χ0v) is 49.4. The van der Waals surface area contributed by atoms with Gasteiger partial charge in [-0.3, -0.25) is 13.8 Å². The van der Waals surface area contributed by atoms with Crippen molar-refractivity contribution >= 4 is 13.7 Å². The van der Waals surface area contributed by atoms with Crippen LogP contribution in [0.4, 0.5) is 0 Å². The third kappa shape index (κ3) is 56.9. The molecule has 3 N–H and O–H groups in total. The fraction of sp³-hybridized carbons (Fsp3) is 0.708. The van der Waals surface area contributed by atoms with Gasteiger partial charge in [0, 0.05) is 6.42 Å². The second-order valence-corrected chi connectivity index (χ2v) is 22.8. The maximum Gasteiger partial charge on any atom is 0.472 e. The van der Waals surface area contributed by atoms with Crippen molar-refractivity contribution in [2.24, 2.45) is 0 Å². The number of phosphoric ester groups is 1. The van der Waals surface area contributed by atoms with E-state index >= 15 is 0 Å². The monoisotopic (exact) mass is 1050 g/mol. The number of unbranched alkanes of at least 4 members (excludes halogenated alkanes) is 25. The number of phosphoric acid groups is 1. The van der Waals surface area contributed by atoms with Gasteiger partial charge in [-0.2, -0.15) is 0 Å². The number of likely N-dealkylation sites (N-methyl/N-ethyl adjacent to an activating group) is 1. The molecule has 0 bridgehead atoms. The van der Waals surface area contributed by atoms with Gasteiger partial charge in [-0.25, -0.2) is 4.57 Å². The molecule has 0 aliphatic rings. The fourth-order valence-electron chi connectivity index (χ4n) is 8.27. The highest BCUT2D eigenvalue weighted by Crippen LogP contribution is 2.43. The minimum Gasteiger partial charge on any atom is -0.387 e. The summed E-state index contributed by atoms with van der Waals surface area (Å²) in [5, 5.41) is 13.9. The maximum atomic E-state index is 13.0. The summed E-state index contributed by atoms with van der Waals surface area (Å²) in [5.74, 6) is -0.221. The zero-order chi connectivity index (χ0) is 54.2. The zero-order valence-electron chi connectivity index (χ0n) is 48.5. The van der Waals surface area contributed by atoms with Crippen molar-refractivity contribution < 1.29 is 32.9 Å². The second-order valence-electron chi connectivity index (χ2n) is 21.3. The Labute approximate surface area is 457 Å². The van der Waals surface area contributed by atoms with Crippen LogP contribution in [-0.4, -0.2) is 73.4 Å². The number of hydrogen-bond donors (Lipinski definition) is 3. The molecule has 74 heavy (non-hydrogen) atoms. The van der Waals surface area contributed by atoms with Gasteiger partial charge in [0.25, 0.3) is 0 Å². The van der Waals surface area contributed by atoms with E-state index in [1.165, 1.54) is 135 Å². The summed E-state index contributed by atoms with van der Waals surface area (Å²) in [4.78, 5) is 23.3. The average molecular weight is 1050 g/mol. The molecular weight excluding hydrogens is 936 g/mol. The molecule has 9 heteroatoms. The lowest BCUT2D eigenvalue weighted by molar-refractivity contribution is -0.870.